The van der Waals surface area contributed by atoms with Crippen molar-refractivity contribution in [1.82, 2.24) is 5.32 Å². The number of aliphatic imine (C=N–C) groups is 1. The average molecular weight is 1080 g/mol. The van der Waals surface area contributed by atoms with Crippen LogP contribution in [0, 0.1) is 29.6 Å². The van der Waals surface area contributed by atoms with Crippen LogP contribution >= 0.6 is 0 Å². The molecule has 0 radical (unpaired) electrons. The summed E-state index contributed by atoms with van der Waals surface area (Å²) in [6.07, 6.45) is 1.04. The van der Waals surface area contributed by atoms with Gasteiger partial charge in [0.05, 0.1) is 54.9 Å². The van der Waals surface area contributed by atoms with Gasteiger partial charge in [-0.25, -0.2) is 4.79 Å². The number of hydrogen-bond acceptors (Lipinski definition) is 17. The van der Waals surface area contributed by atoms with Gasteiger partial charge in [0.25, 0.3) is 0 Å². The van der Waals surface area contributed by atoms with E-state index in [1.807, 2.05) is 19.9 Å². The highest BCUT2D eigenvalue weighted by Gasteiger charge is 2.50. The second-order valence-corrected chi connectivity index (χ2v) is 21.6. The van der Waals surface area contributed by atoms with E-state index in [4.69, 9.17) is 19.9 Å². The zero-order valence-electron chi connectivity index (χ0n) is 46.1. The first-order valence-corrected chi connectivity index (χ1v) is 27.1. The molecule has 0 aliphatic carbocycles. The van der Waals surface area contributed by atoms with E-state index in [1.54, 1.807) is 72.0 Å². The molecule has 20 nitrogen and oxygen atoms in total. The average Bonchev–Trinajstić information content (AvgIpc) is 3.34. The van der Waals surface area contributed by atoms with Gasteiger partial charge < -0.3 is 81.4 Å². The summed E-state index contributed by atoms with van der Waals surface area (Å²) in [5.41, 5.74) is 6.49. The van der Waals surface area contributed by atoms with Crippen LogP contribution in [0.2, 0.25) is 0 Å². The third-order valence-electron chi connectivity index (χ3n) is 14.8. The predicted molar refractivity (Wildman–Crippen MR) is 287 cm³/mol. The lowest BCUT2D eigenvalue weighted by atomic mass is 9.84. The minimum atomic E-state index is -2.52. The molecule has 0 spiro atoms. The third kappa shape index (κ3) is 25.2. The molecule has 2 heterocycles. The summed E-state index contributed by atoms with van der Waals surface area (Å²) in [4.78, 5) is 41.4. The monoisotopic (exact) mass is 1080 g/mol. The minimum Gasteiger partial charge on any atom is -0.481 e. The number of carbonyl (C=O) groups is 3. The number of ether oxygens (including phenoxy) is 3. The Bertz CT molecular complexity index is 1930. The van der Waals surface area contributed by atoms with Crippen LogP contribution in [0.5, 0.6) is 0 Å². The van der Waals surface area contributed by atoms with E-state index in [-0.39, 0.29) is 63.2 Å². The Balaban J connectivity index is 2.43. The van der Waals surface area contributed by atoms with Gasteiger partial charge in [-0.3, -0.25) is 14.6 Å². The fourth-order valence-electron chi connectivity index (χ4n) is 9.44. The molecule has 1 saturated heterocycles. The molecule has 76 heavy (non-hydrogen) atoms. The molecule has 14 N–H and O–H groups in total. The van der Waals surface area contributed by atoms with Gasteiger partial charge >= 0.3 is 17.9 Å². The first-order chi connectivity index (χ1) is 35.7. The Morgan fingerprint density at radius 2 is 1.45 bits per heavy atom. The van der Waals surface area contributed by atoms with Crippen molar-refractivity contribution in [1.29, 1.82) is 0 Å². The second kappa shape index (κ2) is 34.7. The maximum Gasteiger partial charge on any atom is 0.334 e. The smallest absolute Gasteiger partial charge is 0.334 e. The van der Waals surface area contributed by atoms with Gasteiger partial charge in [-0.15, -0.1) is 0 Å². The number of carboxylic acids is 1. The second-order valence-electron chi connectivity index (χ2n) is 21.6. The minimum absolute atomic E-state index is 0.0643. The highest BCUT2D eigenvalue weighted by Crippen LogP contribution is 2.36. The van der Waals surface area contributed by atoms with Crippen LogP contribution in [-0.2, 0) is 28.6 Å². The highest BCUT2D eigenvalue weighted by atomic mass is 16.7. The Labute approximate surface area is 450 Å². The van der Waals surface area contributed by atoms with E-state index in [9.17, 15) is 70.6 Å². The maximum absolute atomic E-state index is 13.6. The van der Waals surface area contributed by atoms with Crippen LogP contribution < -0.4 is 11.1 Å². The van der Waals surface area contributed by atoms with E-state index in [2.05, 4.69) is 22.5 Å². The number of fused-ring (bicyclic) bond motifs is 2. The molecule has 436 valence electrons. The molecule has 18 unspecified atom stereocenters. The number of carbonyl (C=O) groups excluding carboxylic acids is 2. The number of guanidine groups is 1. The van der Waals surface area contributed by atoms with Gasteiger partial charge in [0.15, 0.2) is 11.7 Å². The summed E-state index contributed by atoms with van der Waals surface area (Å²) in [7, 11) is 1.62. The third-order valence-corrected chi connectivity index (χ3v) is 14.8. The molecule has 1 fully saturated rings. The fourth-order valence-corrected chi connectivity index (χ4v) is 9.44. The van der Waals surface area contributed by atoms with Crippen LogP contribution in [-0.4, -0.2) is 173 Å². The zero-order chi connectivity index (χ0) is 57.3. The largest absolute Gasteiger partial charge is 0.481 e. The Morgan fingerprint density at radius 1 is 0.816 bits per heavy atom. The van der Waals surface area contributed by atoms with Gasteiger partial charge in [-0.1, -0.05) is 83.2 Å². The number of nitrogens with zero attached hydrogens (tertiary/aromatic N) is 1. The SMILES string of the molecule is CN=C(N)NCCC/C=C/CCCC(C)C1OC(=O)/C(C)=C/C=C/C(C)C(O)CC(O)C(C)C(O)CCC(C)C(O)CC2(O)OC(CC(OC(=O)CC(=O)O)CC(O)CC(O)CC(O)/C(C)=C/C=C/C1C)CC(O)C2O. The molecule has 2 aliphatic rings. The standard InChI is InChI=1S/C56H95N3O17/c1-33-18-15-20-37(5)52(36(4)17-13-11-9-10-12-14-24-59-55(57)58-8)75-54(72)38(6)21-16-19-34(2)46(64)30-47(65)39(7)44(62)23-22-35(3)49(67)32-56(73)53(71)48(66)29-43(76-56)28-42(74-51(70)31-50(68)69)26-40(60)25-41(61)27-45(33)63/h9-10,15-16,18-21,34-37,39-49,52-53,60-67,71,73H,11-14,17,22-32H2,1-8H3,(H,68,69)(H3,57,58,59)/b10-9+,19-16+,20-15+,33-18+,38-21+. The number of carboxylic acid groups (broad SMARTS) is 1. The maximum atomic E-state index is 13.6. The van der Waals surface area contributed by atoms with Crippen molar-refractivity contribution in [2.75, 3.05) is 13.6 Å². The molecule has 20 heteroatoms. The molecule has 2 rings (SSSR count). The normalized spacial score (nSPS) is 38.0. The van der Waals surface area contributed by atoms with Crippen LogP contribution in [0.3, 0.4) is 0 Å². The van der Waals surface area contributed by atoms with Crippen molar-refractivity contribution < 1.29 is 84.8 Å². The summed E-state index contributed by atoms with van der Waals surface area (Å²) in [5, 5.41) is 123. The Hall–Kier alpha value is -4.06. The van der Waals surface area contributed by atoms with Crippen LogP contribution in [0.25, 0.3) is 0 Å². The first kappa shape index (κ1) is 68.0. The van der Waals surface area contributed by atoms with E-state index in [0.717, 1.165) is 32.1 Å². The van der Waals surface area contributed by atoms with Crippen molar-refractivity contribution in [2.45, 2.75) is 224 Å². The highest BCUT2D eigenvalue weighted by molar-refractivity contribution is 5.90. The molecular weight excluding hydrogens is 987 g/mol. The first-order valence-electron chi connectivity index (χ1n) is 27.1. The topological polar surface area (TPSA) is 352 Å². The number of hydrogen-bond donors (Lipinski definition) is 13. The number of rotatable bonds is 12. The van der Waals surface area contributed by atoms with E-state index >= 15 is 0 Å². The van der Waals surface area contributed by atoms with Gasteiger partial charge in [0, 0.05) is 75.4 Å². The Morgan fingerprint density at radius 3 is 2.11 bits per heavy atom. The molecule has 0 saturated carbocycles. The van der Waals surface area contributed by atoms with Crippen molar-refractivity contribution in [3.63, 3.8) is 0 Å². The molecule has 2 aliphatic heterocycles. The molecule has 0 amide bonds. The van der Waals surface area contributed by atoms with E-state index < -0.39 is 128 Å². The summed E-state index contributed by atoms with van der Waals surface area (Å²) in [6, 6.07) is 0. The van der Waals surface area contributed by atoms with Crippen molar-refractivity contribution >= 4 is 23.9 Å². The van der Waals surface area contributed by atoms with Crippen LogP contribution in [0.15, 0.2) is 64.7 Å². The number of nitrogens with one attached hydrogen (secondary N) is 1. The quantitative estimate of drug-likeness (QED) is 0.0333. The molecule has 0 aromatic carbocycles. The Kier molecular flexibility index (Phi) is 31.1. The lowest BCUT2D eigenvalue weighted by Gasteiger charge is -2.45. The zero-order valence-corrected chi connectivity index (χ0v) is 46.1. The number of aliphatic hydroxyl groups is 10. The fraction of sp³-hybridized carbons (Fsp3) is 0.750. The summed E-state index contributed by atoms with van der Waals surface area (Å²) >= 11 is 0. The van der Waals surface area contributed by atoms with Crippen molar-refractivity contribution in [3.8, 4) is 0 Å². The lowest BCUT2D eigenvalue weighted by Crippen LogP contribution is -2.60. The molecular formula is C56H95N3O17. The van der Waals surface area contributed by atoms with Gasteiger partial charge in [0.2, 0.25) is 0 Å². The number of nitrogens with two attached hydrogens (primary N) is 1. The number of allylic oxidation sites excluding steroid dienone is 6. The summed E-state index contributed by atoms with van der Waals surface area (Å²) < 4.78 is 17.5. The number of aliphatic carboxylic acids is 1. The summed E-state index contributed by atoms with van der Waals surface area (Å²) in [5.74, 6) is -7.41. The van der Waals surface area contributed by atoms with Gasteiger partial charge in [-0.05, 0) is 82.6 Å². The molecule has 2 bridgehead atoms. The van der Waals surface area contributed by atoms with Crippen molar-refractivity contribution in [2.24, 2.45) is 40.3 Å². The molecule has 0 aromatic heterocycles. The van der Waals surface area contributed by atoms with Gasteiger partial charge in [0.1, 0.15) is 24.7 Å². The number of unbranched alkanes of at least 4 members (excludes halogenated alkanes) is 2. The van der Waals surface area contributed by atoms with Crippen LogP contribution in [0.1, 0.15) is 145 Å². The number of esters is 2. The summed E-state index contributed by atoms with van der Waals surface area (Å²) in [6.45, 7) is 13.0. The number of cyclic esters (lactones) is 1. The van der Waals surface area contributed by atoms with Crippen molar-refractivity contribution in [3.05, 3.63) is 59.8 Å². The molecule has 0 aromatic rings. The van der Waals surface area contributed by atoms with E-state index in [1.165, 1.54) is 0 Å². The van der Waals surface area contributed by atoms with Crippen LogP contribution in [0.4, 0.5) is 0 Å². The van der Waals surface area contributed by atoms with E-state index in [0.29, 0.717) is 23.7 Å². The number of aliphatic hydroxyl groups excluding tert-OH is 9. The molecule has 18 atom stereocenters. The predicted octanol–water partition coefficient (Wildman–Crippen LogP) is 3.37. The van der Waals surface area contributed by atoms with Gasteiger partial charge in [-0.2, -0.15) is 0 Å². The lowest BCUT2D eigenvalue weighted by molar-refractivity contribution is -0.333.